The van der Waals surface area contributed by atoms with Crippen molar-refractivity contribution in [2.24, 2.45) is 0 Å². The fraction of sp³-hybridized carbons (Fsp3) is 0.133. The molecule has 0 spiro atoms. The second kappa shape index (κ2) is 4.45. The Morgan fingerprint density at radius 2 is 1.70 bits per heavy atom. The van der Waals surface area contributed by atoms with E-state index in [-0.39, 0.29) is 17.1 Å². The molecule has 0 atom stereocenters. The summed E-state index contributed by atoms with van der Waals surface area (Å²) in [5, 5.41) is 19.5. The molecule has 2 aromatic carbocycles. The Morgan fingerprint density at radius 3 is 2.40 bits per heavy atom. The molecule has 4 N–H and O–H groups in total. The van der Waals surface area contributed by atoms with Crippen LogP contribution in [0.2, 0.25) is 0 Å². The van der Waals surface area contributed by atoms with E-state index in [2.05, 4.69) is 0 Å². The molecule has 0 saturated carbocycles. The first kappa shape index (κ1) is 12.3. The van der Waals surface area contributed by atoms with Gasteiger partial charge in [-0.2, -0.15) is 0 Å². The Bertz CT molecular complexity index is 677. The number of benzene rings is 2. The summed E-state index contributed by atoms with van der Waals surface area (Å²) in [5.41, 5.74) is 8.35. The van der Waals surface area contributed by atoms with Crippen molar-refractivity contribution in [3.8, 4) is 11.5 Å². The van der Waals surface area contributed by atoms with Gasteiger partial charge in [0.05, 0.1) is 0 Å². The summed E-state index contributed by atoms with van der Waals surface area (Å²) in [7, 11) is 0. The Morgan fingerprint density at radius 1 is 1.05 bits per heavy atom. The lowest BCUT2D eigenvalue weighted by atomic mass is 10.1. The molecule has 0 fully saturated rings. The summed E-state index contributed by atoms with van der Waals surface area (Å²) >= 11 is 0. The second-order valence-electron chi connectivity index (χ2n) is 4.86. The molecule has 3 rings (SSSR count). The number of phenols is 2. The van der Waals surface area contributed by atoms with Gasteiger partial charge >= 0.3 is 0 Å². The van der Waals surface area contributed by atoms with E-state index in [0.29, 0.717) is 18.8 Å². The van der Waals surface area contributed by atoms with Gasteiger partial charge in [-0.25, -0.2) is 0 Å². The highest BCUT2D eigenvalue weighted by Crippen LogP contribution is 2.32. The van der Waals surface area contributed by atoms with E-state index in [4.69, 9.17) is 5.73 Å². The molecular weight excluding hydrogens is 256 g/mol. The Kier molecular flexibility index (Phi) is 2.75. The number of phenolic OH excluding ortho intramolecular Hbond substituents is 2. The molecule has 1 amide bonds. The Labute approximate surface area is 115 Å². The van der Waals surface area contributed by atoms with Gasteiger partial charge in [-0.3, -0.25) is 4.79 Å². The van der Waals surface area contributed by atoms with Crippen LogP contribution >= 0.6 is 0 Å². The van der Waals surface area contributed by atoms with Gasteiger partial charge in [-0.15, -0.1) is 0 Å². The molecule has 0 unspecified atom stereocenters. The van der Waals surface area contributed by atoms with Crippen LogP contribution in [0.3, 0.4) is 0 Å². The highest BCUT2D eigenvalue weighted by Gasteiger charge is 2.27. The summed E-state index contributed by atoms with van der Waals surface area (Å²) in [5.74, 6) is -0.827. The van der Waals surface area contributed by atoms with Crippen LogP contribution in [-0.4, -0.2) is 21.0 Å². The quantitative estimate of drug-likeness (QED) is 0.690. The maximum Gasteiger partial charge on any atom is 0.262 e. The number of rotatable bonds is 1. The minimum Gasteiger partial charge on any atom is -0.507 e. The third kappa shape index (κ3) is 1.93. The number of hydrogen-bond donors (Lipinski definition) is 3. The number of aromatic hydroxyl groups is 2. The number of nitrogens with zero attached hydrogens (tertiary/aromatic N) is 1. The Hall–Kier alpha value is -2.69. The summed E-state index contributed by atoms with van der Waals surface area (Å²) in [4.78, 5) is 14.0. The van der Waals surface area contributed by atoms with Crippen molar-refractivity contribution in [3.05, 3.63) is 53.1 Å². The molecule has 1 aliphatic rings. The number of nitrogen functional groups attached to an aromatic ring is 1. The standard InChI is InChI=1S/C15H14N2O3/c16-11-5-4-9-7-17(8-10(9)6-11)15(20)14-12(18)2-1-3-13(14)19/h1-6,18-19H,7-8,16H2. The summed E-state index contributed by atoms with van der Waals surface area (Å²) in [6.07, 6.45) is 0. The molecule has 0 bridgehead atoms. The van der Waals surface area contributed by atoms with Gasteiger partial charge in [0.2, 0.25) is 0 Å². The summed E-state index contributed by atoms with van der Waals surface area (Å²) in [6, 6.07) is 9.78. The van der Waals surface area contributed by atoms with Gasteiger partial charge in [0.15, 0.2) is 0 Å². The SMILES string of the molecule is Nc1ccc2c(c1)CN(C(=O)c1c(O)cccc1O)C2. The molecule has 5 heteroatoms. The van der Waals surface area contributed by atoms with Gasteiger partial charge in [-0.05, 0) is 35.4 Å². The molecule has 5 nitrogen and oxygen atoms in total. The van der Waals surface area contributed by atoms with E-state index < -0.39 is 5.91 Å². The number of hydrogen-bond acceptors (Lipinski definition) is 4. The van der Waals surface area contributed by atoms with Gasteiger partial charge in [-0.1, -0.05) is 12.1 Å². The van der Waals surface area contributed by atoms with Crippen LogP contribution in [0.5, 0.6) is 11.5 Å². The summed E-state index contributed by atoms with van der Waals surface area (Å²) in [6.45, 7) is 0.870. The molecule has 0 aliphatic carbocycles. The number of anilines is 1. The molecule has 1 heterocycles. The normalized spacial score (nSPS) is 13.3. The van der Waals surface area contributed by atoms with E-state index in [1.165, 1.54) is 18.2 Å². The number of carbonyl (C=O) groups is 1. The van der Waals surface area contributed by atoms with Crippen LogP contribution in [0.1, 0.15) is 21.5 Å². The van der Waals surface area contributed by atoms with E-state index in [9.17, 15) is 15.0 Å². The highest BCUT2D eigenvalue weighted by atomic mass is 16.3. The van der Waals surface area contributed by atoms with E-state index in [1.807, 2.05) is 12.1 Å². The highest BCUT2D eigenvalue weighted by molar-refractivity contribution is 5.99. The number of fused-ring (bicyclic) bond motifs is 1. The first-order chi connectivity index (χ1) is 9.56. The zero-order valence-electron chi connectivity index (χ0n) is 10.7. The lowest BCUT2D eigenvalue weighted by Crippen LogP contribution is -2.25. The van der Waals surface area contributed by atoms with Crippen molar-refractivity contribution in [2.75, 3.05) is 5.73 Å². The molecule has 1 aliphatic heterocycles. The molecule has 102 valence electrons. The predicted molar refractivity (Wildman–Crippen MR) is 74.2 cm³/mol. The second-order valence-corrected chi connectivity index (χ2v) is 4.86. The van der Waals surface area contributed by atoms with Gasteiger partial charge in [0.1, 0.15) is 17.1 Å². The van der Waals surface area contributed by atoms with Crippen LogP contribution < -0.4 is 5.73 Å². The van der Waals surface area contributed by atoms with E-state index >= 15 is 0 Å². The first-order valence-electron chi connectivity index (χ1n) is 6.24. The van der Waals surface area contributed by atoms with Crippen molar-refractivity contribution in [1.82, 2.24) is 4.90 Å². The van der Waals surface area contributed by atoms with Crippen LogP contribution in [0.25, 0.3) is 0 Å². The maximum absolute atomic E-state index is 12.4. The number of amides is 1. The average Bonchev–Trinajstić information content (AvgIpc) is 2.81. The van der Waals surface area contributed by atoms with Gasteiger partial charge in [0, 0.05) is 18.8 Å². The molecule has 20 heavy (non-hydrogen) atoms. The van der Waals surface area contributed by atoms with Crippen LogP contribution in [0, 0.1) is 0 Å². The molecular formula is C15H14N2O3. The van der Waals surface area contributed by atoms with Gasteiger partial charge in [0.25, 0.3) is 5.91 Å². The van der Waals surface area contributed by atoms with Crippen molar-refractivity contribution in [2.45, 2.75) is 13.1 Å². The molecule has 0 aromatic heterocycles. The maximum atomic E-state index is 12.4. The molecule has 0 saturated heterocycles. The average molecular weight is 270 g/mol. The monoisotopic (exact) mass is 270 g/mol. The molecule has 0 radical (unpaired) electrons. The lowest BCUT2D eigenvalue weighted by Gasteiger charge is -2.16. The molecule has 2 aromatic rings. The largest absolute Gasteiger partial charge is 0.507 e. The first-order valence-corrected chi connectivity index (χ1v) is 6.24. The van der Waals surface area contributed by atoms with Crippen molar-refractivity contribution >= 4 is 11.6 Å². The third-order valence-corrected chi connectivity index (χ3v) is 3.47. The van der Waals surface area contributed by atoms with Crippen molar-refractivity contribution in [3.63, 3.8) is 0 Å². The van der Waals surface area contributed by atoms with E-state index in [0.717, 1.165) is 11.1 Å². The number of carbonyl (C=O) groups excluding carboxylic acids is 1. The topological polar surface area (TPSA) is 86.8 Å². The predicted octanol–water partition coefficient (Wildman–Crippen LogP) is 1.84. The lowest BCUT2D eigenvalue weighted by molar-refractivity contribution is 0.0745. The minimum atomic E-state index is -0.393. The third-order valence-electron chi connectivity index (χ3n) is 3.47. The number of nitrogens with two attached hydrogens (primary N) is 1. The zero-order chi connectivity index (χ0) is 14.3. The van der Waals surface area contributed by atoms with Crippen molar-refractivity contribution < 1.29 is 15.0 Å². The van der Waals surface area contributed by atoms with E-state index in [1.54, 1.807) is 11.0 Å². The van der Waals surface area contributed by atoms with Crippen LogP contribution in [0.4, 0.5) is 5.69 Å². The van der Waals surface area contributed by atoms with Crippen LogP contribution in [0.15, 0.2) is 36.4 Å². The Balaban J connectivity index is 1.91. The summed E-state index contributed by atoms with van der Waals surface area (Å²) < 4.78 is 0. The minimum absolute atomic E-state index is 0.0618. The fourth-order valence-electron chi connectivity index (χ4n) is 2.46. The van der Waals surface area contributed by atoms with Crippen molar-refractivity contribution in [1.29, 1.82) is 0 Å². The smallest absolute Gasteiger partial charge is 0.262 e. The van der Waals surface area contributed by atoms with Gasteiger partial charge < -0.3 is 20.8 Å². The zero-order valence-corrected chi connectivity index (χ0v) is 10.7. The fourth-order valence-corrected chi connectivity index (χ4v) is 2.46. The van der Waals surface area contributed by atoms with Crippen LogP contribution in [-0.2, 0) is 13.1 Å².